The fraction of sp³-hybridized carbons (Fsp3) is 0.167. The number of carboxylic acid groups (broad SMARTS) is 1. The molecule has 4 aromatic rings. The van der Waals surface area contributed by atoms with Gasteiger partial charge in [0, 0.05) is 12.0 Å². The zero-order chi connectivity index (χ0) is 23.4. The minimum absolute atomic E-state index is 0.00369. The highest BCUT2D eigenvalue weighted by Crippen LogP contribution is 2.22. The van der Waals surface area contributed by atoms with Gasteiger partial charge in [-0.05, 0) is 48.4 Å². The summed E-state index contributed by atoms with van der Waals surface area (Å²) in [7, 11) is -4.05. The lowest BCUT2D eigenvalue weighted by molar-refractivity contribution is -0.138. The molecule has 0 fully saturated rings. The Labute approximate surface area is 195 Å². The molecule has 33 heavy (non-hydrogen) atoms. The van der Waals surface area contributed by atoms with Crippen LogP contribution in [-0.2, 0) is 27.7 Å². The first kappa shape index (κ1) is 22.7. The van der Waals surface area contributed by atoms with Gasteiger partial charge in [-0.25, -0.2) is 13.4 Å². The number of para-hydroxylation sites is 2. The molecule has 0 aliphatic rings. The van der Waals surface area contributed by atoms with Crippen LogP contribution in [0.25, 0.3) is 11.0 Å². The van der Waals surface area contributed by atoms with Gasteiger partial charge in [-0.3, -0.25) is 4.79 Å². The average Bonchev–Trinajstić information content (AvgIpc) is 3.44. The van der Waals surface area contributed by atoms with Crippen LogP contribution in [0.2, 0.25) is 0 Å². The van der Waals surface area contributed by atoms with Gasteiger partial charge < -0.3 is 10.1 Å². The number of imidazole rings is 1. The second-order valence-corrected chi connectivity index (χ2v) is 10.4. The number of thiophene rings is 1. The van der Waals surface area contributed by atoms with E-state index in [4.69, 9.17) is 0 Å². The molecule has 168 valence electrons. The maximum absolute atomic E-state index is 12.8. The van der Waals surface area contributed by atoms with Crippen LogP contribution in [0.4, 0.5) is 0 Å². The Balaban J connectivity index is 1.49. The number of nitrogens with zero attached hydrogens (tertiary/aromatic N) is 1. The molecular formula is C24H21N3O4S2. The molecule has 0 amide bonds. The lowest BCUT2D eigenvalue weighted by Gasteiger charge is -2.12. The maximum Gasteiger partial charge on any atom is 0.322 e. The van der Waals surface area contributed by atoms with Gasteiger partial charge in [-0.15, -0.1) is 11.3 Å². The van der Waals surface area contributed by atoms with E-state index in [-0.39, 0.29) is 10.6 Å². The number of benzene rings is 2. The number of carboxylic acids is 1. The summed E-state index contributed by atoms with van der Waals surface area (Å²) in [5.41, 5.74) is 3.49. The summed E-state index contributed by atoms with van der Waals surface area (Å²) in [6.45, 7) is 2.08. The highest BCUT2D eigenvalue weighted by atomic mass is 32.2. The first-order chi connectivity index (χ1) is 15.8. The third-order valence-corrected chi connectivity index (χ3v) is 7.93. The van der Waals surface area contributed by atoms with Crippen molar-refractivity contribution < 1.29 is 18.3 Å². The van der Waals surface area contributed by atoms with Crippen molar-refractivity contribution in [2.24, 2.45) is 0 Å². The molecule has 0 spiro atoms. The standard InChI is InChI=1S/C24H21N3O4S2/c1-2-16-7-9-17(10-8-16)11-12-18-13-14-23(32-18)33(30,31)27-21(24(28)29)15-22-25-19-5-3-4-6-20(19)26-22/h3-10,13-14,21,27H,2,15H2,1H3,(H,25,26)(H,28,29). The molecule has 0 saturated carbocycles. The average molecular weight is 480 g/mol. The van der Waals surface area contributed by atoms with Crippen molar-refractivity contribution in [3.8, 4) is 11.8 Å². The predicted octanol–water partition coefficient (Wildman–Crippen LogP) is 3.56. The van der Waals surface area contributed by atoms with Crippen LogP contribution in [0.15, 0.2) is 64.9 Å². The molecular weight excluding hydrogens is 458 g/mol. The minimum atomic E-state index is -4.05. The van der Waals surface area contributed by atoms with Crippen molar-refractivity contribution in [3.05, 3.63) is 82.5 Å². The second kappa shape index (κ2) is 9.58. The number of fused-ring (bicyclic) bond motifs is 1. The number of H-pyrrole nitrogens is 1. The van der Waals surface area contributed by atoms with Gasteiger partial charge in [0.1, 0.15) is 16.1 Å². The summed E-state index contributed by atoms with van der Waals surface area (Å²) in [6.07, 6.45) is 0.829. The van der Waals surface area contributed by atoms with E-state index >= 15 is 0 Å². The Bertz CT molecular complexity index is 1430. The summed E-state index contributed by atoms with van der Waals surface area (Å²) in [5.74, 6) is 5.09. The van der Waals surface area contributed by atoms with Crippen molar-refractivity contribution in [2.45, 2.75) is 30.0 Å². The number of rotatable bonds is 7. The van der Waals surface area contributed by atoms with Crippen molar-refractivity contribution in [1.82, 2.24) is 14.7 Å². The van der Waals surface area contributed by atoms with E-state index in [9.17, 15) is 18.3 Å². The minimum Gasteiger partial charge on any atom is -0.480 e. The van der Waals surface area contributed by atoms with E-state index in [2.05, 4.69) is 33.5 Å². The molecule has 7 nitrogen and oxygen atoms in total. The van der Waals surface area contributed by atoms with E-state index in [1.54, 1.807) is 12.1 Å². The molecule has 4 rings (SSSR count). The SMILES string of the molecule is CCc1ccc(C#Cc2ccc(S(=O)(=O)NC(Cc3nc4ccccc4[nH]3)C(=O)O)s2)cc1. The monoisotopic (exact) mass is 479 g/mol. The Morgan fingerprint density at radius 3 is 2.58 bits per heavy atom. The van der Waals surface area contributed by atoms with Gasteiger partial charge in [-0.2, -0.15) is 4.72 Å². The highest BCUT2D eigenvalue weighted by Gasteiger charge is 2.27. The number of hydrogen-bond acceptors (Lipinski definition) is 5. The topological polar surface area (TPSA) is 112 Å². The summed E-state index contributed by atoms with van der Waals surface area (Å²) in [4.78, 5) is 19.7. The smallest absolute Gasteiger partial charge is 0.322 e. The molecule has 0 bridgehead atoms. The van der Waals surface area contributed by atoms with E-state index in [1.165, 1.54) is 11.6 Å². The fourth-order valence-corrected chi connectivity index (χ4v) is 5.58. The van der Waals surface area contributed by atoms with Gasteiger partial charge >= 0.3 is 5.97 Å². The molecule has 1 unspecified atom stereocenters. The Hall–Kier alpha value is -3.45. The first-order valence-electron chi connectivity index (χ1n) is 10.2. The molecule has 0 saturated heterocycles. The zero-order valence-electron chi connectivity index (χ0n) is 17.7. The zero-order valence-corrected chi connectivity index (χ0v) is 19.3. The van der Waals surface area contributed by atoms with Crippen LogP contribution in [-0.4, -0.2) is 35.5 Å². The number of aromatic nitrogens is 2. The van der Waals surface area contributed by atoms with Crippen molar-refractivity contribution >= 4 is 38.4 Å². The van der Waals surface area contributed by atoms with Gasteiger partial charge in [0.25, 0.3) is 10.0 Å². The molecule has 0 aliphatic carbocycles. The molecule has 2 aromatic heterocycles. The van der Waals surface area contributed by atoms with Crippen LogP contribution in [0.5, 0.6) is 0 Å². The highest BCUT2D eigenvalue weighted by molar-refractivity contribution is 7.91. The molecule has 2 aromatic carbocycles. The van der Waals surface area contributed by atoms with Crippen LogP contribution < -0.4 is 4.72 Å². The first-order valence-corrected chi connectivity index (χ1v) is 12.5. The van der Waals surface area contributed by atoms with Gasteiger partial charge in [-0.1, -0.05) is 43.0 Å². The van der Waals surface area contributed by atoms with E-state index in [0.717, 1.165) is 28.8 Å². The summed E-state index contributed by atoms with van der Waals surface area (Å²) >= 11 is 0.990. The summed E-state index contributed by atoms with van der Waals surface area (Å²) in [5, 5.41) is 9.58. The van der Waals surface area contributed by atoms with Gasteiger partial charge in [0.2, 0.25) is 0 Å². The molecule has 0 aliphatic heterocycles. The van der Waals surface area contributed by atoms with Crippen LogP contribution in [0, 0.1) is 11.8 Å². The van der Waals surface area contributed by atoms with E-state index in [0.29, 0.717) is 16.2 Å². The van der Waals surface area contributed by atoms with Crippen LogP contribution >= 0.6 is 11.3 Å². The third-order valence-electron chi connectivity index (χ3n) is 4.97. The molecule has 0 radical (unpaired) electrons. The molecule has 9 heteroatoms. The molecule has 3 N–H and O–H groups in total. The second-order valence-electron chi connectivity index (χ2n) is 7.34. The Morgan fingerprint density at radius 2 is 1.88 bits per heavy atom. The fourth-order valence-electron chi connectivity index (χ4n) is 3.21. The summed E-state index contributed by atoms with van der Waals surface area (Å²) in [6, 6.07) is 16.8. The summed E-state index contributed by atoms with van der Waals surface area (Å²) < 4.78 is 27.9. The van der Waals surface area contributed by atoms with Gasteiger partial charge in [0.15, 0.2) is 0 Å². The number of aryl methyl sites for hydroxylation is 1. The maximum atomic E-state index is 12.8. The largest absolute Gasteiger partial charge is 0.480 e. The third kappa shape index (κ3) is 5.49. The van der Waals surface area contributed by atoms with E-state index in [1.807, 2.05) is 42.5 Å². The number of aromatic amines is 1. The number of hydrogen-bond donors (Lipinski definition) is 3. The molecule has 2 heterocycles. The van der Waals surface area contributed by atoms with Crippen molar-refractivity contribution in [1.29, 1.82) is 0 Å². The van der Waals surface area contributed by atoms with Crippen LogP contribution in [0.3, 0.4) is 0 Å². The Kier molecular flexibility index (Phi) is 6.60. The Morgan fingerprint density at radius 1 is 1.12 bits per heavy atom. The van der Waals surface area contributed by atoms with E-state index < -0.39 is 22.0 Å². The van der Waals surface area contributed by atoms with Crippen LogP contribution in [0.1, 0.15) is 28.8 Å². The van der Waals surface area contributed by atoms with Crippen molar-refractivity contribution in [2.75, 3.05) is 0 Å². The van der Waals surface area contributed by atoms with Crippen molar-refractivity contribution in [3.63, 3.8) is 0 Å². The number of aliphatic carboxylic acids is 1. The normalized spacial score (nSPS) is 12.3. The molecule has 1 atom stereocenters. The quantitative estimate of drug-likeness (QED) is 0.351. The lowest BCUT2D eigenvalue weighted by Crippen LogP contribution is -2.42. The number of sulfonamides is 1. The number of nitrogens with one attached hydrogen (secondary N) is 2. The predicted molar refractivity (Wildman–Crippen MR) is 128 cm³/mol. The van der Waals surface area contributed by atoms with Gasteiger partial charge in [0.05, 0.1) is 15.9 Å². The number of carbonyl (C=O) groups is 1. The lowest BCUT2D eigenvalue weighted by atomic mass is 10.1.